The fourth-order valence-corrected chi connectivity index (χ4v) is 1.63. The number of nitrogens with one attached hydrogen (secondary N) is 1. The van der Waals surface area contributed by atoms with Crippen molar-refractivity contribution >= 4 is 5.97 Å². The van der Waals surface area contributed by atoms with Gasteiger partial charge in [-0.2, -0.15) is 0 Å². The molecular weight excluding hydrogens is 214 g/mol. The zero-order valence-corrected chi connectivity index (χ0v) is 10.8. The Morgan fingerprint density at radius 1 is 1.29 bits per heavy atom. The van der Waals surface area contributed by atoms with Gasteiger partial charge in [0.1, 0.15) is 12.6 Å². The van der Waals surface area contributed by atoms with E-state index in [1.807, 2.05) is 30.3 Å². The Bertz CT molecular complexity index is 335. The number of carbonyl (C=O) groups excluding carboxylic acids is 1. The molecule has 3 heteroatoms. The lowest BCUT2D eigenvalue weighted by molar-refractivity contribution is -0.147. The van der Waals surface area contributed by atoms with Crippen LogP contribution in [0.4, 0.5) is 0 Å². The molecule has 0 aliphatic heterocycles. The predicted octanol–water partition coefficient (Wildman–Crippen LogP) is 2.36. The van der Waals surface area contributed by atoms with Crippen molar-refractivity contribution in [2.45, 2.75) is 32.9 Å². The zero-order chi connectivity index (χ0) is 12.7. The molecule has 0 aliphatic carbocycles. The lowest BCUT2D eigenvalue weighted by Crippen LogP contribution is -2.36. The van der Waals surface area contributed by atoms with Crippen molar-refractivity contribution in [2.75, 3.05) is 7.05 Å². The Morgan fingerprint density at radius 3 is 2.47 bits per heavy atom. The molecule has 1 N–H and O–H groups in total. The van der Waals surface area contributed by atoms with Crippen LogP contribution < -0.4 is 5.32 Å². The van der Waals surface area contributed by atoms with Gasteiger partial charge in [-0.3, -0.25) is 4.79 Å². The Balaban J connectivity index is 2.42. The van der Waals surface area contributed by atoms with E-state index >= 15 is 0 Å². The average molecular weight is 235 g/mol. The third-order valence-corrected chi connectivity index (χ3v) is 2.56. The number of rotatable bonds is 6. The zero-order valence-electron chi connectivity index (χ0n) is 10.8. The first-order valence-electron chi connectivity index (χ1n) is 6.01. The van der Waals surface area contributed by atoms with Gasteiger partial charge in [0.15, 0.2) is 0 Å². The molecule has 0 amide bonds. The second-order valence-corrected chi connectivity index (χ2v) is 4.56. The van der Waals surface area contributed by atoms with Gasteiger partial charge in [0, 0.05) is 0 Å². The molecule has 0 aromatic heterocycles. The molecule has 0 spiro atoms. The summed E-state index contributed by atoms with van der Waals surface area (Å²) >= 11 is 0. The highest BCUT2D eigenvalue weighted by atomic mass is 16.5. The van der Waals surface area contributed by atoms with Crippen LogP contribution in [0.5, 0.6) is 0 Å². The fourth-order valence-electron chi connectivity index (χ4n) is 1.63. The van der Waals surface area contributed by atoms with Gasteiger partial charge in [0.2, 0.25) is 0 Å². The summed E-state index contributed by atoms with van der Waals surface area (Å²) in [5, 5.41) is 2.99. The highest BCUT2D eigenvalue weighted by molar-refractivity contribution is 5.75. The normalized spacial score (nSPS) is 12.5. The lowest BCUT2D eigenvalue weighted by atomic mass is 10.0. The van der Waals surface area contributed by atoms with Gasteiger partial charge in [-0.25, -0.2) is 0 Å². The summed E-state index contributed by atoms with van der Waals surface area (Å²) in [7, 11) is 1.79. The van der Waals surface area contributed by atoms with E-state index in [4.69, 9.17) is 4.74 Å². The van der Waals surface area contributed by atoms with Crippen LogP contribution in [0.1, 0.15) is 25.8 Å². The Morgan fingerprint density at radius 2 is 1.94 bits per heavy atom. The summed E-state index contributed by atoms with van der Waals surface area (Å²) in [4.78, 5) is 11.8. The Kier molecular flexibility index (Phi) is 5.70. The van der Waals surface area contributed by atoms with Crippen molar-refractivity contribution in [3.05, 3.63) is 35.9 Å². The van der Waals surface area contributed by atoms with E-state index in [9.17, 15) is 4.79 Å². The van der Waals surface area contributed by atoms with Crippen LogP contribution in [0.2, 0.25) is 0 Å². The van der Waals surface area contributed by atoms with Gasteiger partial charge in [-0.05, 0) is 24.9 Å². The number of carbonyl (C=O) groups is 1. The van der Waals surface area contributed by atoms with E-state index in [0.29, 0.717) is 12.5 Å². The fraction of sp³-hybridized carbons (Fsp3) is 0.500. The van der Waals surface area contributed by atoms with Crippen LogP contribution in [0.3, 0.4) is 0 Å². The first kappa shape index (κ1) is 13.7. The second-order valence-electron chi connectivity index (χ2n) is 4.56. The summed E-state index contributed by atoms with van der Waals surface area (Å²) in [5.41, 5.74) is 1.01. The molecule has 0 heterocycles. The molecule has 1 aromatic carbocycles. The quantitative estimate of drug-likeness (QED) is 0.769. The maximum atomic E-state index is 11.8. The molecule has 0 aliphatic rings. The third kappa shape index (κ3) is 5.00. The van der Waals surface area contributed by atoms with Crippen LogP contribution in [0.15, 0.2) is 30.3 Å². The lowest BCUT2D eigenvalue weighted by Gasteiger charge is -2.17. The monoisotopic (exact) mass is 235 g/mol. The van der Waals surface area contributed by atoms with E-state index in [1.165, 1.54) is 0 Å². The summed E-state index contributed by atoms with van der Waals surface area (Å²) < 4.78 is 5.28. The highest BCUT2D eigenvalue weighted by Crippen LogP contribution is 2.08. The molecule has 0 saturated heterocycles. The molecule has 0 saturated carbocycles. The van der Waals surface area contributed by atoms with E-state index in [-0.39, 0.29) is 12.0 Å². The van der Waals surface area contributed by atoms with Crippen LogP contribution in [0, 0.1) is 5.92 Å². The van der Waals surface area contributed by atoms with Gasteiger partial charge in [0.05, 0.1) is 0 Å². The minimum absolute atomic E-state index is 0.176. The van der Waals surface area contributed by atoms with E-state index in [2.05, 4.69) is 19.2 Å². The molecule has 17 heavy (non-hydrogen) atoms. The molecule has 0 fully saturated rings. The number of benzene rings is 1. The molecule has 3 nitrogen and oxygen atoms in total. The molecule has 1 rings (SSSR count). The smallest absolute Gasteiger partial charge is 0.323 e. The average Bonchev–Trinajstić information content (AvgIpc) is 2.34. The van der Waals surface area contributed by atoms with Gasteiger partial charge < -0.3 is 10.1 Å². The third-order valence-electron chi connectivity index (χ3n) is 2.56. The summed E-state index contributed by atoms with van der Waals surface area (Å²) in [6, 6.07) is 9.51. The van der Waals surface area contributed by atoms with Crippen LogP contribution in [-0.4, -0.2) is 19.1 Å². The predicted molar refractivity (Wildman–Crippen MR) is 68.5 cm³/mol. The molecular formula is C14H21NO2. The summed E-state index contributed by atoms with van der Waals surface area (Å²) in [5.74, 6) is 0.293. The van der Waals surface area contributed by atoms with Crippen molar-refractivity contribution in [3.63, 3.8) is 0 Å². The molecule has 0 unspecified atom stereocenters. The number of ether oxygens (including phenoxy) is 1. The second kappa shape index (κ2) is 7.07. The standard InChI is InChI=1S/C14H21NO2/c1-11(2)9-13(15-3)14(16)17-10-12-7-5-4-6-8-12/h4-8,11,13,15H,9-10H2,1-3H3/t13-/m0/s1. The van der Waals surface area contributed by atoms with Crippen molar-refractivity contribution in [3.8, 4) is 0 Å². The van der Waals surface area contributed by atoms with E-state index in [0.717, 1.165) is 12.0 Å². The van der Waals surface area contributed by atoms with Gasteiger partial charge >= 0.3 is 5.97 Å². The van der Waals surface area contributed by atoms with Crippen LogP contribution >= 0.6 is 0 Å². The number of esters is 1. The maximum absolute atomic E-state index is 11.8. The molecule has 94 valence electrons. The van der Waals surface area contributed by atoms with Crippen LogP contribution in [0.25, 0.3) is 0 Å². The maximum Gasteiger partial charge on any atom is 0.323 e. The topological polar surface area (TPSA) is 38.3 Å². The molecule has 1 aromatic rings. The van der Waals surface area contributed by atoms with Crippen LogP contribution in [-0.2, 0) is 16.1 Å². The molecule has 0 bridgehead atoms. The summed E-state index contributed by atoms with van der Waals surface area (Å²) in [6.45, 7) is 4.53. The number of likely N-dealkylation sites (N-methyl/N-ethyl adjacent to an activating group) is 1. The molecule has 0 radical (unpaired) electrons. The van der Waals surface area contributed by atoms with Gasteiger partial charge in [-0.1, -0.05) is 44.2 Å². The minimum Gasteiger partial charge on any atom is -0.460 e. The van der Waals surface area contributed by atoms with E-state index < -0.39 is 0 Å². The van der Waals surface area contributed by atoms with Gasteiger partial charge in [-0.15, -0.1) is 0 Å². The van der Waals surface area contributed by atoms with Gasteiger partial charge in [0.25, 0.3) is 0 Å². The van der Waals surface area contributed by atoms with Crippen molar-refractivity contribution < 1.29 is 9.53 Å². The SMILES string of the molecule is CN[C@@H](CC(C)C)C(=O)OCc1ccccc1. The number of hydrogen-bond acceptors (Lipinski definition) is 3. The minimum atomic E-state index is -0.210. The van der Waals surface area contributed by atoms with Crippen molar-refractivity contribution in [1.29, 1.82) is 0 Å². The first-order valence-corrected chi connectivity index (χ1v) is 6.01. The van der Waals surface area contributed by atoms with Crippen molar-refractivity contribution in [2.24, 2.45) is 5.92 Å². The summed E-state index contributed by atoms with van der Waals surface area (Å²) in [6.07, 6.45) is 0.796. The Hall–Kier alpha value is -1.35. The molecule has 1 atom stereocenters. The van der Waals surface area contributed by atoms with E-state index in [1.54, 1.807) is 7.05 Å². The van der Waals surface area contributed by atoms with Crippen molar-refractivity contribution in [1.82, 2.24) is 5.32 Å². The number of hydrogen-bond donors (Lipinski definition) is 1. The highest BCUT2D eigenvalue weighted by Gasteiger charge is 2.18. The first-order chi connectivity index (χ1) is 8.13. The largest absolute Gasteiger partial charge is 0.460 e. The Labute approximate surface area is 103 Å².